The Hall–Kier alpha value is -2.97. The third kappa shape index (κ3) is 5.16. The molecule has 12 nitrogen and oxygen atoms in total. The van der Waals surface area contributed by atoms with Crippen molar-refractivity contribution in [3.8, 4) is 0 Å². The molecule has 1 amide bonds. The van der Waals surface area contributed by atoms with Crippen LogP contribution in [0.25, 0.3) is 10.4 Å². The number of aliphatic hydroxyl groups is 1. The quantitative estimate of drug-likeness (QED) is 0.228. The molecule has 2 aliphatic heterocycles. The first-order valence-electron chi connectivity index (χ1n) is 12.6. The third-order valence-electron chi connectivity index (χ3n) is 7.33. The fourth-order valence-corrected chi connectivity index (χ4v) is 7.91. The van der Waals surface area contributed by atoms with Crippen LogP contribution in [0.3, 0.4) is 0 Å². The van der Waals surface area contributed by atoms with Gasteiger partial charge in [0.05, 0.1) is 36.2 Å². The molecule has 0 unspecified atom stereocenters. The summed E-state index contributed by atoms with van der Waals surface area (Å²) >= 11 is 1.04. The van der Waals surface area contributed by atoms with Crippen LogP contribution in [0.2, 0.25) is 0 Å². The van der Waals surface area contributed by atoms with E-state index in [0.29, 0.717) is 27.6 Å². The number of hydrogen-bond donors (Lipinski definition) is 2. The van der Waals surface area contributed by atoms with E-state index in [4.69, 9.17) is 9.47 Å². The summed E-state index contributed by atoms with van der Waals surface area (Å²) in [5.41, 5.74) is -0.986. The number of imidazole rings is 1. The first-order chi connectivity index (χ1) is 18.2. The number of carbonyl (C=O) groups is 3. The molecule has 2 aromatic rings. The first-order valence-corrected chi connectivity index (χ1v) is 15.3. The number of ether oxygens (including phenoxy) is 2. The second-order valence-electron chi connectivity index (χ2n) is 10.7. The van der Waals surface area contributed by atoms with Crippen LogP contribution in [-0.2, 0) is 28.9 Å². The van der Waals surface area contributed by atoms with Crippen LogP contribution in [0.5, 0.6) is 0 Å². The lowest BCUT2D eigenvalue weighted by Crippen LogP contribution is -2.66. The predicted octanol–water partition coefficient (Wildman–Crippen LogP) is 2.80. The molecule has 0 bridgehead atoms. The molecule has 4 rings (SSSR count). The number of aliphatic hydroxyl groups excluding tert-OH is 1. The average molecular weight is 584 g/mol. The van der Waals surface area contributed by atoms with E-state index < -0.39 is 51.3 Å². The van der Waals surface area contributed by atoms with Crippen LogP contribution >= 0.6 is 11.3 Å². The third-order valence-corrected chi connectivity index (χ3v) is 9.59. The van der Waals surface area contributed by atoms with Gasteiger partial charge in [-0.15, -0.1) is 11.3 Å². The minimum absolute atomic E-state index is 0.124. The van der Waals surface area contributed by atoms with Crippen LogP contribution in [-0.4, -0.2) is 82.6 Å². The lowest BCUT2D eigenvalue weighted by atomic mass is 9.66. The molecule has 4 heterocycles. The molecule has 0 radical (unpaired) electrons. The van der Waals surface area contributed by atoms with Crippen molar-refractivity contribution >= 4 is 49.6 Å². The molecular formula is C25H33N3O9S2. The van der Waals surface area contributed by atoms with E-state index in [9.17, 15) is 33.0 Å². The summed E-state index contributed by atoms with van der Waals surface area (Å²) in [4.78, 5) is 43.6. The van der Waals surface area contributed by atoms with Crippen LogP contribution in [0.4, 0.5) is 4.79 Å². The minimum Gasteiger partial charge on any atom is -0.477 e. The van der Waals surface area contributed by atoms with E-state index in [1.54, 1.807) is 13.1 Å². The van der Waals surface area contributed by atoms with Crippen molar-refractivity contribution in [1.29, 1.82) is 0 Å². The second-order valence-corrected chi connectivity index (χ2v) is 13.7. The van der Waals surface area contributed by atoms with Gasteiger partial charge in [-0.3, -0.25) is 9.20 Å². The van der Waals surface area contributed by atoms with Crippen molar-refractivity contribution in [1.82, 2.24) is 14.3 Å². The monoisotopic (exact) mass is 583 g/mol. The largest absolute Gasteiger partial charge is 0.508 e. The van der Waals surface area contributed by atoms with Crippen molar-refractivity contribution in [2.24, 2.45) is 17.3 Å². The molecular weight excluding hydrogens is 550 g/mol. The molecule has 214 valence electrons. The lowest BCUT2D eigenvalue weighted by molar-refractivity contribution is -0.167. The minimum atomic E-state index is -3.65. The number of sulfone groups is 1. The van der Waals surface area contributed by atoms with E-state index in [1.165, 1.54) is 22.6 Å². The number of thiazole rings is 1. The van der Waals surface area contributed by atoms with Gasteiger partial charge in [-0.25, -0.2) is 23.0 Å². The normalized spacial score (nSPS) is 23.8. The van der Waals surface area contributed by atoms with Crippen LogP contribution in [0.1, 0.15) is 51.8 Å². The molecule has 1 saturated heterocycles. The molecule has 0 spiro atoms. The zero-order chi connectivity index (χ0) is 28.9. The molecule has 2 N–H and O–H groups in total. The number of hydrogen-bond acceptors (Lipinski definition) is 10. The van der Waals surface area contributed by atoms with Gasteiger partial charge in [-0.05, 0) is 32.1 Å². The number of carboxylic acids is 1. The van der Waals surface area contributed by atoms with E-state index in [0.717, 1.165) is 24.0 Å². The smallest absolute Gasteiger partial charge is 0.477 e. The van der Waals surface area contributed by atoms with E-state index in [2.05, 4.69) is 18.8 Å². The van der Waals surface area contributed by atoms with Crippen LogP contribution in [0.15, 0.2) is 23.2 Å². The number of carboxylic acid groups (broad SMARTS) is 1. The average Bonchev–Trinajstić information content (AvgIpc) is 3.44. The van der Waals surface area contributed by atoms with Gasteiger partial charge in [0, 0.05) is 23.4 Å². The van der Waals surface area contributed by atoms with E-state index in [-0.39, 0.29) is 30.4 Å². The standard InChI is InChI=1S/C25H33N3O9S2/c1-13(2)7-6-9-36-24(33)37-10-8-25(4)17(15-11-27-12-26-20(22(27)38-15)39(5,34)35)18(23(31)32)28-19(25)16(14(3)29)21(28)30/h11-14,16,19,29H,6-10H2,1-5H3,(H,31,32)/t14-,16-,19-,25+/m1/s1. The van der Waals surface area contributed by atoms with Gasteiger partial charge in [-0.2, -0.15) is 0 Å². The Morgan fingerprint density at radius 2 is 1.90 bits per heavy atom. The Kier molecular flexibility index (Phi) is 7.85. The zero-order valence-electron chi connectivity index (χ0n) is 22.4. The summed E-state index contributed by atoms with van der Waals surface area (Å²) in [5.74, 6) is -2.23. The summed E-state index contributed by atoms with van der Waals surface area (Å²) in [5, 5.41) is 20.4. The van der Waals surface area contributed by atoms with Gasteiger partial charge in [0.15, 0.2) is 14.9 Å². The number of amides is 1. The van der Waals surface area contributed by atoms with Crippen molar-refractivity contribution in [2.75, 3.05) is 19.5 Å². The number of aliphatic carboxylic acids is 1. The number of carbonyl (C=O) groups excluding carboxylic acids is 2. The Morgan fingerprint density at radius 1 is 1.23 bits per heavy atom. The number of fused-ring (bicyclic) bond motifs is 2. The maximum Gasteiger partial charge on any atom is 0.508 e. The summed E-state index contributed by atoms with van der Waals surface area (Å²) < 4.78 is 36.4. The Morgan fingerprint density at radius 3 is 2.49 bits per heavy atom. The van der Waals surface area contributed by atoms with Gasteiger partial charge in [0.25, 0.3) is 0 Å². The van der Waals surface area contributed by atoms with Crippen molar-refractivity contribution < 1.29 is 42.5 Å². The predicted molar refractivity (Wildman–Crippen MR) is 141 cm³/mol. The number of β-lactam (4-membered cyclic amide) rings is 1. The highest BCUT2D eigenvalue weighted by atomic mass is 32.2. The van der Waals surface area contributed by atoms with E-state index in [1.807, 2.05) is 0 Å². The topological polar surface area (TPSA) is 165 Å². The Labute approximate surface area is 230 Å². The summed E-state index contributed by atoms with van der Waals surface area (Å²) in [6.07, 6.45) is 3.79. The summed E-state index contributed by atoms with van der Waals surface area (Å²) in [7, 11) is -3.65. The molecule has 2 aliphatic rings. The highest BCUT2D eigenvalue weighted by molar-refractivity contribution is 7.91. The maximum absolute atomic E-state index is 13.0. The summed E-state index contributed by atoms with van der Waals surface area (Å²) in [6, 6.07) is -0.703. The fourth-order valence-electron chi connectivity index (χ4n) is 5.51. The molecule has 0 saturated carbocycles. The Balaban J connectivity index is 1.68. The SMILES string of the molecule is CC(C)CCCOC(=O)OCC[C@@]1(C)C(c2cn3cnc(S(C)(=O)=O)c3s2)=C(C(=O)O)N2C(=O)[C@H]([C@@H](C)O)[C@@H]21. The van der Waals surface area contributed by atoms with Crippen molar-refractivity contribution in [2.45, 2.75) is 64.1 Å². The second kappa shape index (κ2) is 10.5. The number of nitrogens with zero attached hydrogens (tertiary/aromatic N) is 3. The van der Waals surface area contributed by atoms with Gasteiger partial charge < -0.3 is 24.6 Å². The van der Waals surface area contributed by atoms with Crippen LogP contribution in [0, 0.1) is 17.3 Å². The number of aromatic nitrogens is 2. The molecule has 0 aliphatic carbocycles. The highest BCUT2D eigenvalue weighted by Gasteiger charge is 2.66. The van der Waals surface area contributed by atoms with Crippen LogP contribution < -0.4 is 0 Å². The van der Waals surface area contributed by atoms with Crippen molar-refractivity contribution in [3.63, 3.8) is 0 Å². The van der Waals surface area contributed by atoms with Gasteiger partial charge in [0.1, 0.15) is 16.9 Å². The highest BCUT2D eigenvalue weighted by Crippen LogP contribution is 2.60. The van der Waals surface area contributed by atoms with Crippen molar-refractivity contribution in [3.05, 3.63) is 23.1 Å². The molecule has 39 heavy (non-hydrogen) atoms. The molecule has 0 aromatic carbocycles. The summed E-state index contributed by atoms with van der Waals surface area (Å²) in [6.45, 7) is 7.47. The number of rotatable bonds is 11. The lowest BCUT2D eigenvalue weighted by Gasteiger charge is -2.50. The maximum atomic E-state index is 13.0. The molecule has 2 aromatic heterocycles. The van der Waals surface area contributed by atoms with Gasteiger partial charge >= 0.3 is 12.1 Å². The Bertz CT molecular complexity index is 1440. The van der Waals surface area contributed by atoms with Gasteiger partial charge in [0.2, 0.25) is 5.91 Å². The fraction of sp³-hybridized carbons (Fsp3) is 0.600. The zero-order valence-corrected chi connectivity index (χ0v) is 24.0. The first kappa shape index (κ1) is 29.0. The molecule has 4 atom stereocenters. The van der Waals surface area contributed by atoms with E-state index >= 15 is 0 Å². The van der Waals surface area contributed by atoms with Gasteiger partial charge in [-0.1, -0.05) is 20.8 Å². The molecule has 1 fully saturated rings. The molecule has 14 heteroatoms.